The minimum Gasteiger partial charge on any atom is -0.341 e. The molecular formula is C14H26N2OS. The van der Waals surface area contributed by atoms with Crippen molar-refractivity contribution in [1.82, 2.24) is 10.2 Å². The van der Waals surface area contributed by atoms with E-state index in [0.717, 1.165) is 38.2 Å². The van der Waals surface area contributed by atoms with Gasteiger partial charge in [-0.2, -0.15) is 11.8 Å². The molecule has 4 heteroatoms. The standard InChI is InChI=1S/C14H26N2OS/c1-2-13-11-16(9-10-18-13)14(17)7-6-12-5-3-4-8-15-12/h12-13,15H,2-11H2,1H3. The first kappa shape index (κ1) is 14.2. The summed E-state index contributed by atoms with van der Waals surface area (Å²) in [5.74, 6) is 1.49. The molecule has 0 aromatic heterocycles. The van der Waals surface area contributed by atoms with Crippen LogP contribution in [0.1, 0.15) is 45.4 Å². The van der Waals surface area contributed by atoms with Crippen LogP contribution in [-0.4, -0.2) is 47.5 Å². The smallest absolute Gasteiger partial charge is 0.222 e. The lowest BCUT2D eigenvalue weighted by molar-refractivity contribution is -0.131. The van der Waals surface area contributed by atoms with E-state index in [4.69, 9.17) is 0 Å². The van der Waals surface area contributed by atoms with Crippen molar-refractivity contribution < 1.29 is 4.79 Å². The highest BCUT2D eigenvalue weighted by atomic mass is 32.2. The third-order valence-electron chi connectivity index (χ3n) is 4.07. The van der Waals surface area contributed by atoms with E-state index in [0.29, 0.717) is 17.2 Å². The summed E-state index contributed by atoms with van der Waals surface area (Å²) in [5, 5.41) is 4.18. The van der Waals surface area contributed by atoms with E-state index in [-0.39, 0.29) is 0 Å². The number of carbonyl (C=O) groups is 1. The zero-order valence-electron chi connectivity index (χ0n) is 11.5. The fourth-order valence-electron chi connectivity index (χ4n) is 2.82. The third-order valence-corrected chi connectivity index (χ3v) is 5.44. The van der Waals surface area contributed by atoms with Gasteiger partial charge in [0.15, 0.2) is 0 Å². The summed E-state index contributed by atoms with van der Waals surface area (Å²) in [6, 6.07) is 0.587. The summed E-state index contributed by atoms with van der Waals surface area (Å²) in [6.45, 7) is 5.28. The molecule has 2 fully saturated rings. The Morgan fingerprint density at radius 1 is 1.44 bits per heavy atom. The zero-order chi connectivity index (χ0) is 12.8. The molecule has 2 unspecified atom stereocenters. The molecule has 2 heterocycles. The molecule has 0 aromatic carbocycles. The molecular weight excluding hydrogens is 244 g/mol. The van der Waals surface area contributed by atoms with Gasteiger partial charge in [-0.1, -0.05) is 13.3 Å². The van der Waals surface area contributed by atoms with Gasteiger partial charge in [0.05, 0.1) is 0 Å². The summed E-state index contributed by atoms with van der Waals surface area (Å²) in [6.07, 6.45) is 6.81. The summed E-state index contributed by atoms with van der Waals surface area (Å²) >= 11 is 2.02. The van der Waals surface area contributed by atoms with E-state index in [1.807, 2.05) is 11.8 Å². The van der Waals surface area contributed by atoms with Crippen molar-refractivity contribution in [1.29, 1.82) is 0 Å². The minimum absolute atomic E-state index is 0.376. The van der Waals surface area contributed by atoms with E-state index < -0.39 is 0 Å². The topological polar surface area (TPSA) is 32.3 Å². The molecule has 0 saturated carbocycles. The van der Waals surface area contributed by atoms with E-state index >= 15 is 0 Å². The summed E-state index contributed by atoms with van der Waals surface area (Å²) in [4.78, 5) is 14.3. The van der Waals surface area contributed by atoms with Gasteiger partial charge in [0, 0.05) is 36.6 Å². The van der Waals surface area contributed by atoms with Gasteiger partial charge in [0.1, 0.15) is 0 Å². The molecule has 104 valence electrons. The highest BCUT2D eigenvalue weighted by Gasteiger charge is 2.23. The van der Waals surface area contributed by atoms with Gasteiger partial charge in [-0.15, -0.1) is 0 Å². The van der Waals surface area contributed by atoms with Crippen LogP contribution in [0.25, 0.3) is 0 Å². The second kappa shape index (κ2) is 7.39. The van der Waals surface area contributed by atoms with Gasteiger partial charge in [-0.25, -0.2) is 0 Å². The Hall–Kier alpha value is -0.220. The monoisotopic (exact) mass is 270 g/mol. The van der Waals surface area contributed by atoms with Crippen LogP contribution in [0, 0.1) is 0 Å². The molecule has 2 aliphatic rings. The predicted octanol–water partition coefficient (Wildman–Crippen LogP) is 2.26. The van der Waals surface area contributed by atoms with Crippen molar-refractivity contribution >= 4 is 17.7 Å². The molecule has 3 nitrogen and oxygen atoms in total. The number of thioether (sulfide) groups is 1. The van der Waals surface area contributed by atoms with E-state index in [1.165, 1.54) is 25.7 Å². The Balaban J connectivity index is 1.70. The van der Waals surface area contributed by atoms with Gasteiger partial charge in [-0.05, 0) is 32.2 Å². The van der Waals surface area contributed by atoms with Gasteiger partial charge in [0.2, 0.25) is 5.91 Å². The number of hydrogen-bond donors (Lipinski definition) is 1. The minimum atomic E-state index is 0.376. The predicted molar refractivity (Wildman–Crippen MR) is 78.0 cm³/mol. The van der Waals surface area contributed by atoms with Crippen LogP contribution in [0.3, 0.4) is 0 Å². The van der Waals surface area contributed by atoms with Crippen molar-refractivity contribution in [3.63, 3.8) is 0 Å². The number of carbonyl (C=O) groups excluding carboxylic acids is 1. The Morgan fingerprint density at radius 3 is 3.06 bits per heavy atom. The second-order valence-corrected chi connectivity index (χ2v) is 6.83. The van der Waals surface area contributed by atoms with Crippen molar-refractivity contribution in [3.8, 4) is 0 Å². The van der Waals surface area contributed by atoms with Crippen LogP contribution in [0.5, 0.6) is 0 Å². The molecule has 0 radical (unpaired) electrons. The summed E-state index contributed by atoms with van der Waals surface area (Å²) < 4.78 is 0. The lowest BCUT2D eigenvalue weighted by Crippen LogP contribution is -2.42. The molecule has 0 aromatic rings. The average molecular weight is 270 g/mol. The van der Waals surface area contributed by atoms with Crippen molar-refractivity contribution in [3.05, 3.63) is 0 Å². The molecule has 2 rings (SSSR count). The van der Waals surface area contributed by atoms with Crippen LogP contribution >= 0.6 is 11.8 Å². The summed E-state index contributed by atoms with van der Waals surface area (Å²) in [7, 11) is 0. The van der Waals surface area contributed by atoms with Gasteiger partial charge in [0.25, 0.3) is 0 Å². The summed E-state index contributed by atoms with van der Waals surface area (Å²) in [5.41, 5.74) is 0. The van der Waals surface area contributed by atoms with Crippen LogP contribution in [-0.2, 0) is 4.79 Å². The first-order chi connectivity index (χ1) is 8.79. The quantitative estimate of drug-likeness (QED) is 0.850. The fourth-order valence-corrected chi connectivity index (χ4v) is 4.00. The second-order valence-electron chi connectivity index (χ2n) is 5.43. The number of nitrogens with zero attached hydrogens (tertiary/aromatic N) is 1. The van der Waals surface area contributed by atoms with Gasteiger partial charge < -0.3 is 10.2 Å². The molecule has 2 aliphatic heterocycles. The molecule has 18 heavy (non-hydrogen) atoms. The Morgan fingerprint density at radius 2 is 2.33 bits per heavy atom. The van der Waals surface area contributed by atoms with Crippen LogP contribution < -0.4 is 5.32 Å². The van der Waals surface area contributed by atoms with Gasteiger partial charge in [-0.3, -0.25) is 4.79 Å². The zero-order valence-corrected chi connectivity index (χ0v) is 12.3. The van der Waals surface area contributed by atoms with Crippen molar-refractivity contribution in [2.75, 3.05) is 25.4 Å². The van der Waals surface area contributed by atoms with Crippen LogP contribution in [0.15, 0.2) is 0 Å². The number of piperidine rings is 1. The molecule has 1 N–H and O–H groups in total. The van der Waals surface area contributed by atoms with Crippen molar-refractivity contribution in [2.24, 2.45) is 0 Å². The molecule has 1 amide bonds. The van der Waals surface area contributed by atoms with Crippen LogP contribution in [0.4, 0.5) is 0 Å². The first-order valence-corrected chi connectivity index (χ1v) is 8.47. The number of nitrogens with one attached hydrogen (secondary N) is 1. The SMILES string of the molecule is CCC1CN(C(=O)CCC2CCCCN2)CCS1. The average Bonchev–Trinajstić information content (AvgIpc) is 2.46. The molecule has 0 bridgehead atoms. The van der Waals surface area contributed by atoms with E-state index in [2.05, 4.69) is 17.1 Å². The Labute approximate surface area is 115 Å². The largest absolute Gasteiger partial charge is 0.341 e. The highest BCUT2D eigenvalue weighted by molar-refractivity contribution is 8.00. The normalized spacial score (nSPS) is 29.3. The maximum Gasteiger partial charge on any atom is 0.222 e. The maximum absolute atomic E-state index is 12.2. The first-order valence-electron chi connectivity index (χ1n) is 7.42. The molecule has 2 atom stereocenters. The lowest BCUT2D eigenvalue weighted by atomic mass is 10.0. The van der Waals surface area contributed by atoms with Gasteiger partial charge >= 0.3 is 0 Å². The van der Waals surface area contributed by atoms with Crippen LogP contribution in [0.2, 0.25) is 0 Å². The maximum atomic E-state index is 12.2. The fraction of sp³-hybridized carbons (Fsp3) is 0.929. The molecule has 0 aliphatic carbocycles. The number of hydrogen-bond acceptors (Lipinski definition) is 3. The number of amides is 1. The van der Waals surface area contributed by atoms with Crippen molar-refractivity contribution in [2.45, 2.75) is 56.7 Å². The Kier molecular flexibility index (Phi) is 5.83. The number of rotatable bonds is 4. The molecule has 0 spiro atoms. The van der Waals surface area contributed by atoms with E-state index in [9.17, 15) is 4.79 Å². The van der Waals surface area contributed by atoms with E-state index in [1.54, 1.807) is 0 Å². The Bertz CT molecular complexity index is 267. The third kappa shape index (κ3) is 4.16. The lowest BCUT2D eigenvalue weighted by Gasteiger charge is -2.32. The molecule has 2 saturated heterocycles. The highest BCUT2D eigenvalue weighted by Crippen LogP contribution is 2.22.